The van der Waals surface area contributed by atoms with E-state index in [0.717, 1.165) is 22.2 Å². The van der Waals surface area contributed by atoms with Gasteiger partial charge in [0.05, 0.1) is 19.3 Å². The van der Waals surface area contributed by atoms with Gasteiger partial charge in [0.1, 0.15) is 18.2 Å². The van der Waals surface area contributed by atoms with Gasteiger partial charge < -0.3 is 20.1 Å². The predicted octanol–water partition coefficient (Wildman–Crippen LogP) is 4.24. The Kier molecular flexibility index (Phi) is 6.58. The van der Waals surface area contributed by atoms with Gasteiger partial charge in [-0.1, -0.05) is 15.9 Å². The van der Waals surface area contributed by atoms with Gasteiger partial charge in [-0.05, 0) is 36.8 Å². The van der Waals surface area contributed by atoms with Crippen molar-refractivity contribution in [1.29, 1.82) is 0 Å². The third kappa shape index (κ3) is 5.32. The summed E-state index contributed by atoms with van der Waals surface area (Å²) >= 11 is 3.36. The van der Waals surface area contributed by atoms with Crippen molar-refractivity contribution in [2.45, 2.75) is 6.92 Å². The van der Waals surface area contributed by atoms with E-state index in [2.05, 4.69) is 26.6 Å². The number of nitrogens with one attached hydrogen (secondary N) is 2. The fourth-order valence-electron chi connectivity index (χ4n) is 2.11. The van der Waals surface area contributed by atoms with Crippen LogP contribution in [-0.2, 0) is 0 Å². The Labute approximate surface area is 152 Å². The zero-order valence-electron chi connectivity index (χ0n) is 13.7. The Balaban J connectivity index is 1.85. The maximum Gasteiger partial charge on any atom is 0.319 e. The standard InChI is InChI=1S/C17H17BrF2N2O3/c1-10-7-11(18)8-15(24-2)16(10)22-17(23)21-5-6-25-14-4-3-12(19)9-13(14)20/h3-4,7-9H,5-6H2,1-2H3,(H2,21,22,23). The Hall–Kier alpha value is -2.35. The molecule has 0 atom stereocenters. The number of amides is 2. The first-order chi connectivity index (χ1) is 11.9. The number of hydrogen-bond donors (Lipinski definition) is 2. The number of hydrogen-bond acceptors (Lipinski definition) is 3. The zero-order chi connectivity index (χ0) is 18.4. The molecule has 2 aromatic rings. The molecule has 0 bridgehead atoms. The monoisotopic (exact) mass is 414 g/mol. The molecule has 25 heavy (non-hydrogen) atoms. The molecule has 134 valence electrons. The minimum atomic E-state index is -0.792. The van der Waals surface area contributed by atoms with Gasteiger partial charge in [-0.15, -0.1) is 0 Å². The Morgan fingerprint density at radius 3 is 2.64 bits per heavy atom. The molecule has 0 saturated heterocycles. The maximum atomic E-state index is 13.4. The smallest absolute Gasteiger partial charge is 0.319 e. The Bertz CT molecular complexity index is 772. The third-order valence-corrected chi connectivity index (χ3v) is 3.72. The predicted molar refractivity (Wildman–Crippen MR) is 94.3 cm³/mol. The third-order valence-electron chi connectivity index (χ3n) is 3.26. The van der Waals surface area contributed by atoms with Crippen LogP contribution in [0.15, 0.2) is 34.8 Å². The molecule has 8 heteroatoms. The van der Waals surface area contributed by atoms with Crippen LogP contribution in [-0.4, -0.2) is 26.3 Å². The van der Waals surface area contributed by atoms with Crippen molar-refractivity contribution in [2.24, 2.45) is 0 Å². The highest BCUT2D eigenvalue weighted by molar-refractivity contribution is 9.10. The summed E-state index contributed by atoms with van der Waals surface area (Å²) in [5, 5.41) is 5.29. The molecule has 0 heterocycles. The van der Waals surface area contributed by atoms with Crippen molar-refractivity contribution in [2.75, 3.05) is 25.6 Å². The van der Waals surface area contributed by atoms with Crippen LogP contribution in [0.4, 0.5) is 19.3 Å². The number of anilines is 1. The van der Waals surface area contributed by atoms with Gasteiger partial charge in [-0.3, -0.25) is 0 Å². The molecule has 2 aromatic carbocycles. The highest BCUT2D eigenvalue weighted by Gasteiger charge is 2.11. The summed E-state index contributed by atoms with van der Waals surface area (Å²) in [5.41, 5.74) is 1.37. The average molecular weight is 415 g/mol. The van der Waals surface area contributed by atoms with Crippen LogP contribution in [0.1, 0.15) is 5.56 Å². The molecule has 0 radical (unpaired) electrons. The number of carbonyl (C=O) groups is 1. The van der Waals surface area contributed by atoms with Gasteiger partial charge in [0.2, 0.25) is 0 Å². The first-order valence-electron chi connectivity index (χ1n) is 7.37. The fourth-order valence-corrected chi connectivity index (χ4v) is 2.66. The largest absolute Gasteiger partial charge is 0.495 e. The van der Waals surface area contributed by atoms with Crippen molar-refractivity contribution in [3.63, 3.8) is 0 Å². The van der Waals surface area contributed by atoms with E-state index >= 15 is 0 Å². The summed E-state index contributed by atoms with van der Waals surface area (Å²) in [7, 11) is 1.51. The molecule has 0 unspecified atom stereocenters. The highest BCUT2D eigenvalue weighted by atomic mass is 79.9. The number of aryl methyl sites for hydroxylation is 1. The van der Waals surface area contributed by atoms with Crippen LogP contribution in [0.2, 0.25) is 0 Å². The second-order valence-electron chi connectivity index (χ2n) is 5.10. The van der Waals surface area contributed by atoms with Gasteiger partial charge >= 0.3 is 6.03 Å². The molecular weight excluding hydrogens is 398 g/mol. The van der Waals surface area contributed by atoms with Gasteiger partial charge in [-0.25, -0.2) is 13.6 Å². The summed E-state index contributed by atoms with van der Waals surface area (Å²) in [4.78, 5) is 12.0. The van der Waals surface area contributed by atoms with Crippen LogP contribution in [0.25, 0.3) is 0 Å². The number of halogens is 3. The second-order valence-corrected chi connectivity index (χ2v) is 6.02. The molecule has 0 aliphatic heterocycles. The van der Waals surface area contributed by atoms with Crippen molar-refractivity contribution in [1.82, 2.24) is 5.32 Å². The molecule has 0 aliphatic carbocycles. The molecule has 2 rings (SSSR count). The average Bonchev–Trinajstić information content (AvgIpc) is 2.55. The molecular formula is C17H17BrF2N2O3. The number of urea groups is 1. The molecule has 2 amide bonds. The van der Waals surface area contributed by atoms with Gasteiger partial charge in [0.15, 0.2) is 11.6 Å². The van der Waals surface area contributed by atoms with Crippen molar-refractivity contribution < 1.29 is 23.0 Å². The maximum absolute atomic E-state index is 13.4. The van der Waals surface area contributed by atoms with Crippen LogP contribution in [0.3, 0.4) is 0 Å². The Morgan fingerprint density at radius 1 is 1.20 bits per heavy atom. The van der Waals surface area contributed by atoms with E-state index in [0.29, 0.717) is 11.4 Å². The quantitative estimate of drug-likeness (QED) is 0.694. The lowest BCUT2D eigenvalue weighted by molar-refractivity contribution is 0.246. The summed E-state index contributed by atoms with van der Waals surface area (Å²) in [6.07, 6.45) is 0. The Morgan fingerprint density at radius 2 is 1.96 bits per heavy atom. The van der Waals surface area contributed by atoms with E-state index in [1.165, 1.54) is 13.2 Å². The molecule has 5 nitrogen and oxygen atoms in total. The molecule has 2 N–H and O–H groups in total. The lowest BCUT2D eigenvalue weighted by atomic mass is 10.2. The van der Waals surface area contributed by atoms with E-state index in [1.807, 2.05) is 13.0 Å². The first-order valence-corrected chi connectivity index (χ1v) is 8.17. The topological polar surface area (TPSA) is 59.6 Å². The summed E-state index contributed by atoms with van der Waals surface area (Å²) in [5.74, 6) is -1.03. The van der Waals surface area contributed by atoms with E-state index in [4.69, 9.17) is 9.47 Å². The molecule has 0 aromatic heterocycles. The SMILES string of the molecule is COc1cc(Br)cc(C)c1NC(=O)NCCOc1ccc(F)cc1F. The lowest BCUT2D eigenvalue weighted by Gasteiger charge is -2.14. The summed E-state index contributed by atoms with van der Waals surface area (Å²) in [6.45, 7) is 2.01. The fraction of sp³-hybridized carbons (Fsp3) is 0.235. The minimum Gasteiger partial charge on any atom is -0.495 e. The normalized spacial score (nSPS) is 10.3. The second kappa shape index (κ2) is 8.66. The van der Waals surface area contributed by atoms with E-state index < -0.39 is 17.7 Å². The van der Waals surface area contributed by atoms with Crippen LogP contribution >= 0.6 is 15.9 Å². The zero-order valence-corrected chi connectivity index (χ0v) is 15.2. The summed E-state index contributed by atoms with van der Waals surface area (Å²) in [6, 6.07) is 6.16. The van der Waals surface area contributed by atoms with Crippen LogP contribution in [0.5, 0.6) is 11.5 Å². The molecule has 0 fully saturated rings. The number of carbonyl (C=O) groups excluding carboxylic acids is 1. The highest BCUT2D eigenvalue weighted by Crippen LogP contribution is 2.31. The van der Waals surface area contributed by atoms with Crippen molar-refractivity contribution in [3.05, 3.63) is 52.0 Å². The van der Waals surface area contributed by atoms with Crippen molar-refractivity contribution >= 4 is 27.6 Å². The number of ether oxygens (including phenoxy) is 2. The van der Waals surface area contributed by atoms with E-state index in [9.17, 15) is 13.6 Å². The van der Waals surface area contributed by atoms with Crippen LogP contribution < -0.4 is 20.1 Å². The van der Waals surface area contributed by atoms with Crippen molar-refractivity contribution in [3.8, 4) is 11.5 Å². The van der Waals surface area contributed by atoms with Gasteiger partial charge in [-0.2, -0.15) is 0 Å². The number of rotatable bonds is 6. The van der Waals surface area contributed by atoms with Crippen LogP contribution in [0, 0.1) is 18.6 Å². The first kappa shape index (κ1) is 19.0. The molecule has 0 aliphatic rings. The van der Waals surface area contributed by atoms with E-state index in [1.54, 1.807) is 6.07 Å². The van der Waals surface area contributed by atoms with Gasteiger partial charge in [0, 0.05) is 10.5 Å². The molecule has 0 spiro atoms. The lowest BCUT2D eigenvalue weighted by Crippen LogP contribution is -2.32. The van der Waals surface area contributed by atoms with Gasteiger partial charge in [0.25, 0.3) is 0 Å². The van der Waals surface area contributed by atoms with E-state index in [-0.39, 0.29) is 18.9 Å². The molecule has 0 saturated carbocycles. The number of benzene rings is 2. The number of methoxy groups -OCH3 is 1. The minimum absolute atomic E-state index is 0.0342. The summed E-state index contributed by atoms with van der Waals surface area (Å²) < 4.78 is 37.4.